The smallest absolute Gasteiger partial charge is 0.251 e. The van der Waals surface area contributed by atoms with Crippen molar-refractivity contribution < 1.29 is 24.6 Å². The van der Waals surface area contributed by atoms with E-state index in [2.05, 4.69) is 16.0 Å². The van der Waals surface area contributed by atoms with Crippen LogP contribution in [0.5, 0.6) is 5.75 Å². The average molecular weight is 476 g/mol. The van der Waals surface area contributed by atoms with Crippen LogP contribution in [0.3, 0.4) is 0 Å². The molecule has 35 heavy (non-hydrogen) atoms. The molecular weight excluding hydrogens is 446 g/mol. The van der Waals surface area contributed by atoms with Gasteiger partial charge in [-0.05, 0) is 53.9 Å². The van der Waals surface area contributed by atoms with Gasteiger partial charge in [0, 0.05) is 24.6 Å². The molecule has 5 N–H and O–H groups in total. The summed E-state index contributed by atoms with van der Waals surface area (Å²) in [5, 5.41) is 27.6. The summed E-state index contributed by atoms with van der Waals surface area (Å²) < 4.78 is 0. The van der Waals surface area contributed by atoms with Crippen LogP contribution in [0.4, 0.5) is 5.69 Å². The van der Waals surface area contributed by atoms with E-state index in [9.17, 15) is 24.6 Å². The van der Waals surface area contributed by atoms with Crippen LogP contribution in [0.15, 0.2) is 78.9 Å². The number of carbonyl (C=O) groups is 3. The van der Waals surface area contributed by atoms with Crippen molar-refractivity contribution in [3.63, 3.8) is 0 Å². The lowest BCUT2D eigenvalue weighted by atomic mass is 10.0. The summed E-state index contributed by atoms with van der Waals surface area (Å²) in [7, 11) is 0. The summed E-state index contributed by atoms with van der Waals surface area (Å²) >= 11 is 0. The van der Waals surface area contributed by atoms with Crippen LogP contribution in [-0.2, 0) is 22.4 Å². The van der Waals surface area contributed by atoms with Crippen LogP contribution < -0.4 is 16.0 Å². The van der Waals surface area contributed by atoms with Gasteiger partial charge in [-0.1, -0.05) is 42.5 Å². The maximum Gasteiger partial charge on any atom is 0.251 e. The monoisotopic (exact) mass is 475 g/mol. The molecule has 8 nitrogen and oxygen atoms in total. The number of aliphatic hydroxyl groups excluding tert-OH is 1. The van der Waals surface area contributed by atoms with Crippen molar-refractivity contribution in [1.82, 2.24) is 10.6 Å². The molecule has 0 heterocycles. The highest BCUT2D eigenvalue weighted by Crippen LogP contribution is 2.14. The lowest BCUT2D eigenvalue weighted by Gasteiger charge is -2.23. The van der Waals surface area contributed by atoms with Gasteiger partial charge in [-0.15, -0.1) is 0 Å². The molecule has 0 aliphatic carbocycles. The van der Waals surface area contributed by atoms with E-state index in [1.807, 2.05) is 30.3 Å². The minimum Gasteiger partial charge on any atom is -0.508 e. The van der Waals surface area contributed by atoms with Gasteiger partial charge in [-0.25, -0.2) is 0 Å². The van der Waals surface area contributed by atoms with E-state index in [4.69, 9.17) is 0 Å². The number of hydrogen-bond donors (Lipinski definition) is 5. The molecule has 0 saturated carbocycles. The molecule has 0 aliphatic heterocycles. The van der Waals surface area contributed by atoms with Gasteiger partial charge < -0.3 is 26.2 Å². The zero-order valence-corrected chi connectivity index (χ0v) is 19.4. The lowest BCUT2D eigenvalue weighted by molar-refractivity contribution is -0.124. The first-order chi connectivity index (χ1) is 16.8. The van der Waals surface area contributed by atoms with Gasteiger partial charge in [0.15, 0.2) is 0 Å². The average Bonchev–Trinajstić information content (AvgIpc) is 2.85. The SMILES string of the molecule is CC(=O)Nc1ccc(C(=O)N[C@@H](Cc2ccc(O)cc2)C(=O)N[C@H](CO)Cc2ccccc2)cc1. The number of rotatable bonds is 10. The number of anilines is 1. The third kappa shape index (κ3) is 7.97. The van der Waals surface area contributed by atoms with E-state index in [1.165, 1.54) is 19.1 Å². The number of aliphatic hydroxyl groups is 1. The minimum absolute atomic E-state index is 0.0984. The van der Waals surface area contributed by atoms with Gasteiger partial charge in [0.25, 0.3) is 5.91 Å². The third-order valence-electron chi connectivity index (χ3n) is 5.36. The number of phenols is 1. The zero-order chi connectivity index (χ0) is 25.2. The normalized spacial score (nSPS) is 12.3. The third-order valence-corrected chi connectivity index (χ3v) is 5.36. The second-order valence-corrected chi connectivity index (χ2v) is 8.23. The molecule has 0 fully saturated rings. The highest BCUT2D eigenvalue weighted by atomic mass is 16.3. The molecule has 3 rings (SSSR count). The topological polar surface area (TPSA) is 128 Å². The predicted octanol–water partition coefficient (Wildman–Crippen LogP) is 2.41. The standard InChI is InChI=1S/C27H29N3O5/c1-18(32)28-22-11-9-21(10-12-22)26(34)30-25(16-20-7-13-24(33)14-8-20)27(35)29-23(17-31)15-19-5-3-2-4-6-19/h2-14,23,25,31,33H,15-17H2,1H3,(H,28,32)(H,29,35)(H,30,34)/t23-,25-/m0/s1. The highest BCUT2D eigenvalue weighted by Gasteiger charge is 2.24. The fourth-order valence-corrected chi connectivity index (χ4v) is 3.59. The molecule has 0 unspecified atom stereocenters. The van der Waals surface area contributed by atoms with Crippen LogP contribution in [0.1, 0.15) is 28.4 Å². The summed E-state index contributed by atoms with van der Waals surface area (Å²) in [6.07, 6.45) is 0.624. The molecular formula is C27H29N3O5. The highest BCUT2D eigenvalue weighted by molar-refractivity contribution is 5.98. The molecule has 2 atom stereocenters. The van der Waals surface area contributed by atoms with E-state index in [1.54, 1.807) is 36.4 Å². The number of aromatic hydroxyl groups is 1. The summed E-state index contributed by atoms with van der Waals surface area (Å²) in [5.41, 5.74) is 2.59. The summed E-state index contributed by atoms with van der Waals surface area (Å²) in [6.45, 7) is 1.13. The number of benzene rings is 3. The van der Waals surface area contributed by atoms with E-state index in [0.717, 1.165) is 11.1 Å². The van der Waals surface area contributed by atoms with E-state index in [0.29, 0.717) is 17.7 Å². The fraction of sp³-hybridized carbons (Fsp3) is 0.222. The first-order valence-electron chi connectivity index (χ1n) is 11.3. The van der Waals surface area contributed by atoms with Crippen molar-refractivity contribution in [2.75, 3.05) is 11.9 Å². The quantitative estimate of drug-likeness (QED) is 0.308. The molecule has 8 heteroatoms. The molecule has 3 aromatic rings. The number of amides is 3. The molecule has 0 spiro atoms. The second kappa shape index (κ2) is 12.3. The molecule has 0 radical (unpaired) electrons. The Kier molecular flexibility index (Phi) is 8.97. The largest absolute Gasteiger partial charge is 0.508 e. The number of hydrogen-bond acceptors (Lipinski definition) is 5. The van der Waals surface area contributed by atoms with Crippen molar-refractivity contribution in [3.05, 3.63) is 95.6 Å². The van der Waals surface area contributed by atoms with Gasteiger partial charge in [0.05, 0.1) is 12.6 Å². The molecule has 3 amide bonds. The maximum absolute atomic E-state index is 13.2. The van der Waals surface area contributed by atoms with Crippen molar-refractivity contribution >= 4 is 23.4 Å². The minimum atomic E-state index is -0.924. The van der Waals surface area contributed by atoms with Gasteiger partial charge in [-0.3, -0.25) is 14.4 Å². The second-order valence-electron chi connectivity index (χ2n) is 8.23. The molecule has 0 aliphatic rings. The van der Waals surface area contributed by atoms with E-state index >= 15 is 0 Å². The van der Waals surface area contributed by atoms with Crippen LogP contribution in [0.2, 0.25) is 0 Å². The number of phenolic OH excluding ortho intramolecular Hbond substituents is 1. The number of nitrogens with one attached hydrogen (secondary N) is 3. The summed E-state index contributed by atoms with van der Waals surface area (Å²) in [6, 6.07) is 20.7. The van der Waals surface area contributed by atoms with Gasteiger partial charge in [-0.2, -0.15) is 0 Å². The summed E-state index contributed by atoms with van der Waals surface area (Å²) in [5.74, 6) is -1.01. The number of carbonyl (C=O) groups excluding carboxylic acids is 3. The Morgan fingerprint density at radius 1 is 0.800 bits per heavy atom. The molecule has 0 bridgehead atoms. The predicted molar refractivity (Wildman–Crippen MR) is 133 cm³/mol. The Balaban J connectivity index is 1.74. The van der Waals surface area contributed by atoms with Crippen LogP contribution in [0, 0.1) is 0 Å². The first-order valence-corrected chi connectivity index (χ1v) is 11.3. The molecule has 3 aromatic carbocycles. The van der Waals surface area contributed by atoms with Crippen LogP contribution in [-0.4, -0.2) is 46.6 Å². The lowest BCUT2D eigenvalue weighted by Crippen LogP contribution is -2.52. The van der Waals surface area contributed by atoms with Crippen LogP contribution >= 0.6 is 0 Å². The molecule has 0 saturated heterocycles. The van der Waals surface area contributed by atoms with Gasteiger partial charge in [0.2, 0.25) is 11.8 Å². The first kappa shape index (κ1) is 25.5. The zero-order valence-electron chi connectivity index (χ0n) is 19.4. The fourth-order valence-electron chi connectivity index (χ4n) is 3.59. The molecule has 0 aromatic heterocycles. The van der Waals surface area contributed by atoms with Gasteiger partial charge >= 0.3 is 0 Å². The Morgan fingerprint density at radius 3 is 2.03 bits per heavy atom. The maximum atomic E-state index is 13.2. The van der Waals surface area contributed by atoms with Gasteiger partial charge in [0.1, 0.15) is 11.8 Å². The van der Waals surface area contributed by atoms with Crippen molar-refractivity contribution in [1.29, 1.82) is 0 Å². The van der Waals surface area contributed by atoms with Crippen LogP contribution in [0.25, 0.3) is 0 Å². The molecule has 182 valence electrons. The Morgan fingerprint density at radius 2 is 1.43 bits per heavy atom. The Hall–Kier alpha value is -4.17. The van der Waals surface area contributed by atoms with Crippen molar-refractivity contribution in [2.45, 2.75) is 31.8 Å². The van der Waals surface area contributed by atoms with Crippen molar-refractivity contribution in [3.8, 4) is 5.75 Å². The Bertz CT molecular complexity index is 1130. The van der Waals surface area contributed by atoms with E-state index < -0.39 is 23.9 Å². The van der Waals surface area contributed by atoms with Crippen molar-refractivity contribution in [2.24, 2.45) is 0 Å². The summed E-state index contributed by atoms with van der Waals surface area (Å²) in [4.78, 5) is 37.3. The Labute approximate surface area is 204 Å². The van der Waals surface area contributed by atoms with E-state index in [-0.39, 0.29) is 24.7 Å².